The van der Waals surface area contributed by atoms with Crippen LogP contribution in [0, 0.1) is 0 Å². The Morgan fingerprint density at radius 2 is 1.59 bits per heavy atom. The summed E-state index contributed by atoms with van der Waals surface area (Å²) in [5.41, 5.74) is 1.95. The number of benzene rings is 2. The summed E-state index contributed by atoms with van der Waals surface area (Å²) >= 11 is 0. The fourth-order valence-corrected chi connectivity index (χ4v) is 4.16. The first-order valence-electron chi connectivity index (χ1n) is 11.1. The zero-order chi connectivity index (χ0) is 23.7. The Bertz CT molecular complexity index is 1260. The van der Waals surface area contributed by atoms with Crippen LogP contribution in [0.2, 0.25) is 0 Å². The highest BCUT2D eigenvalue weighted by Gasteiger charge is 2.29. The van der Waals surface area contributed by atoms with E-state index in [9.17, 15) is 19.2 Å². The summed E-state index contributed by atoms with van der Waals surface area (Å²) in [7, 11) is 0. The van der Waals surface area contributed by atoms with Crippen molar-refractivity contribution in [1.29, 1.82) is 0 Å². The number of hydrogen-bond donors (Lipinski definition) is 1. The molecule has 0 atom stereocenters. The number of nitrogens with one attached hydrogen (secondary N) is 1. The topological polar surface area (TPSA) is 109 Å². The molecule has 1 N–H and O–H groups in total. The number of amides is 4. The van der Waals surface area contributed by atoms with Crippen LogP contribution in [-0.2, 0) is 20.9 Å². The van der Waals surface area contributed by atoms with E-state index in [1.54, 1.807) is 47.4 Å². The zero-order valence-corrected chi connectivity index (χ0v) is 18.4. The molecule has 0 unspecified atom stereocenters. The zero-order valence-electron chi connectivity index (χ0n) is 18.4. The summed E-state index contributed by atoms with van der Waals surface area (Å²) in [5, 5.41) is 3.48. The predicted octanol–water partition coefficient (Wildman–Crippen LogP) is 2.81. The van der Waals surface area contributed by atoms with Crippen LogP contribution < -0.4 is 5.32 Å². The van der Waals surface area contributed by atoms with Gasteiger partial charge in [-0.15, -0.1) is 0 Å². The van der Waals surface area contributed by atoms with Gasteiger partial charge in [-0.05, 0) is 29.8 Å². The SMILES string of the molecule is O=C(Nc1c(C(=O)N2CCOCC2)oc2ccccc12)c1ccc(CN2C(=O)CCC2=O)cc1. The Labute approximate surface area is 195 Å². The molecule has 1 aromatic heterocycles. The van der Waals surface area contributed by atoms with E-state index in [-0.39, 0.29) is 42.9 Å². The lowest BCUT2D eigenvalue weighted by Gasteiger charge is -2.26. The molecule has 2 aliphatic heterocycles. The number of fused-ring (bicyclic) bond motifs is 1. The van der Waals surface area contributed by atoms with E-state index in [4.69, 9.17) is 9.15 Å². The average molecular weight is 461 g/mol. The third-order valence-corrected chi connectivity index (χ3v) is 6.04. The molecule has 9 heteroatoms. The molecule has 2 aliphatic rings. The molecule has 0 bridgehead atoms. The summed E-state index contributed by atoms with van der Waals surface area (Å²) in [5.74, 6) is -0.987. The molecule has 3 aromatic rings. The van der Waals surface area contributed by atoms with Crippen molar-refractivity contribution in [2.75, 3.05) is 31.6 Å². The number of likely N-dealkylation sites (tertiary alicyclic amines) is 1. The normalized spacial score (nSPS) is 16.4. The van der Waals surface area contributed by atoms with Crippen LogP contribution in [0.3, 0.4) is 0 Å². The summed E-state index contributed by atoms with van der Waals surface area (Å²) in [6.45, 7) is 1.99. The Balaban J connectivity index is 1.37. The van der Waals surface area contributed by atoms with Crippen LogP contribution in [0.5, 0.6) is 0 Å². The maximum Gasteiger partial charge on any atom is 0.291 e. The van der Waals surface area contributed by atoms with Crippen LogP contribution in [0.4, 0.5) is 5.69 Å². The van der Waals surface area contributed by atoms with Crippen molar-refractivity contribution >= 4 is 40.3 Å². The number of carbonyl (C=O) groups excluding carboxylic acids is 4. The number of furan rings is 1. The fraction of sp³-hybridized carbons (Fsp3) is 0.280. The minimum absolute atomic E-state index is 0.0825. The summed E-state index contributed by atoms with van der Waals surface area (Å²) in [6.07, 6.45) is 0.479. The van der Waals surface area contributed by atoms with E-state index in [1.807, 2.05) is 6.07 Å². The van der Waals surface area contributed by atoms with Gasteiger partial charge in [0.25, 0.3) is 11.8 Å². The second-order valence-electron chi connectivity index (χ2n) is 8.23. The molecule has 5 rings (SSSR count). The number of imide groups is 1. The lowest BCUT2D eigenvalue weighted by molar-refractivity contribution is -0.139. The number of ether oxygens (including phenoxy) is 1. The van der Waals surface area contributed by atoms with Gasteiger partial charge in [0.2, 0.25) is 17.6 Å². The van der Waals surface area contributed by atoms with Crippen molar-refractivity contribution in [3.63, 3.8) is 0 Å². The van der Waals surface area contributed by atoms with E-state index >= 15 is 0 Å². The predicted molar refractivity (Wildman–Crippen MR) is 122 cm³/mol. The summed E-state index contributed by atoms with van der Waals surface area (Å²) in [6, 6.07) is 13.8. The van der Waals surface area contributed by atoms with Crippen LogP contribution in [0.15, 0.2) is 52.9 Å². The number of morpholine rings is 1. The van der Waals surface area contributed by atoms with Crippen LogP contribution in [-0.4, -0.2) is 59.7 Å². The van der Waals surface area contributed by atoms with Crippen LogP contribution in [0.25, 0.3) is 11.0 Å². The Hall–Kier alpha value is -3.98. The van der Waals surface area contributed by atoms with Gasteiger partial charge in [0.1, 0.15) is 11.3 Å². The number of para-hydroxylation sites is 1. The molecule has 0 spiro atoms. The molecule has 0 radical (unpaired) electrons. The second kappa shape index (κ2) is 9.11. The van der Waals surface area contributed by atoms with Crippen molar-refractivity contribution < 1.29 is 28.3 Å². The molecule has 4 amide bonds. The molecule has 174 valence electrons. The third-order valence-electron chi connectivity index (χ3n) is 6.04. The molecule has 0 saturated carbocycles. The van der Waals surface area contributed by atoms with Crippen molar-refractivity contribution in [3.05, 3.63) is 65.4 Å². The molecular formula is C25H23N3O6. The van der Waals surface area contributed by atoms with Gasteiger partial charge in [0.05, 0.1) is 19.8 Å². The Morgan fingerprint density at radius 1 is 0.912 bits per heavy atom. The number of carbonyl (C=O) groups is 4. The van der Waals surface area contributed by atoms with Gasteiger partial charge in [0, 0.05) is 36.9 Å². The fourth-order valence-electron chi connectivity index (χ4n) is 4.16. The first-order valence-corrected chi connectivity index (χ1v) is 11.1. The summed E-state index contributed by atoms with van der Waals surface area (Å²) < 4.78 is 11.2. The number of hydrogen-bond acceptors (Lipinski definition) is 6. The molecular weight excluding hydrogens is 438 g/mol. The average Bonchev–Trinajstić information content (AvgIpc) is 3.39. The molecule has 9 nitrogen and oxygen atoms in total. The van der Waals surface area contributed by atoms with Crippen molar-refractivity contribution in [2.45, 2.75) is 19.4 Å². The van der Waals surface area contributed by atoms with E-state index < -0.39 is 5.91 Å². The van der Waals surface area contributed by atoms with Gasteiger partial charge in [-0.3, -0.25) is 24.1 Å². The minimum Gasteiger partial charge on any atom is -0.449 e. The highest BCUT2D eigenvalue weighted by molar-refractivity contribution is 6.14. The number of nitrogens with zero attached hydrogens (tertiary/aromatic N) is 2. The maximum absolute atomic E-state index is 13.1. The van der Waals surface area contributed by atoms with E-state index in [1.165, 1.54) is 4.90 Å². The van der Waals surface area contributed by atoms with Gasteiger partial charge in [0.15, 0.2) is 0 Å². The van der Waals surface area contributed by atoms with Crippen molar-refractivity contribution in [2.24, 2.45) is 0 Å². The molecule has 2 fully saturated rings. The molecule has 2 saturated heterocycles. The third kappa shape index (κ3) is 4.17. The largest absolute Gasteiger partial charge is 0.449 e. The smallest absolute Gasteiger partial charge is 0.291 e. The van der Waals surface area contributed by atoms with Gasteiger partial charge >= 0.3 is 0 Å². The highest BCUT2D eigenvalue weighted by Crippen LogP contribution is 2.32. The lowest BCUT2D eigenvalue weighted by Crippen LogP contribution is -2.40. The van der Waals surface area contributed by atoms with Gasteiger partial charge in [-0.1, -0.05) is 24.3 Å². The molecule has 3 heterocycles. The minimum atomic E-state index is -0.401. The van der Waals surface area contributed by atoms with Crippen LogP contribution in [0.1, 0.15) is 39.3 Å². The molecule has 2 aromatic carbocycles. The van der Waals surface area contributed by atoms with E-state index in [0.717, 1.165) is 5.56 Å². The Kier molecular flexibility index (Phi) is 5.85. The highest BCUT2D eigenvalue weighted by atomic mass is 16.5. The maximum atomic E-state index is 13.1. The van der Waals surface area contributed by atoms with Gasteiger partial charge in [-0.2, -0.15) is 0 Å². The molecule has 0 aliphatic carbocycles. The number of anilines is 1. The van der Waals surface area contributed by atoms with Crippen LogP contribution >= 0.6 is 0 Å². The monoisotopic (exact) mass is 461 g/mol. The van der Waals surface area contributed by atoms with E-state index in [2.05, 4.69) is 5.32 Å². The van der Waals surface area contributed by atoms with E-state index in [0.29, 0.717) is 48.5 Å². The van der Waals surface area contributed by atoms with Crippen molar-refractivity contribution in [1.82, 2.24) is 9.80 Å². The standard InChI is InChI=1S/C25H23N3O6/c29-20-9-10-21(30)28(20)15-16-5-7-17(8-6-16)24(31)26-22-18-3-1-2-4-19(18)34-23(22)25(32)27-11-13-33-14-12-27/h1-8H,9-15H2,(H,26,31). The second-order valence-corrected chi connectivity index (χ2v) is 8.23. The first kappa shape index (κ1) is 21.8. The number of rotatable bonds is 5. The van der Waals surface area contributed by atoms with Gasteiger partial charge < -0.3 is 19.4 Å². The summed E-state index contributed by atoms with van der Waals surface area (Å²) in [4.78, 5) is 52.8. The van der Waals surface area contributed by atoms with Crippen molar-refractivity contribution in [3.8, 4) is 0 Å². The quantitative estimate of drug-likeness (QED) is 0.586. The Morgan fingerprint density at radius 3 is 2.29 bits per heavy atom. The molecule has 34 heavy (non-hydrogen) atoms. The van der Waals surface area contributed by atoms with Gasteiger partial charge in [-0.25, -0.2) is 0 Å². The first-order chi connectivity index (χ1) is 16.5. The lowest BCUT2D eigenvalue weighted by atomic mass is 10.1.